The fourth-order valence-electron chi connectivity index (χ4n) is 2.91. The van der Waals surface area contributed by atoms with Crippen molar-refractivity contribution < 1.29 is 22.7 Å². The van der Waals surface area contributed by atoms with Crippen molar-refractivity contribution in [3.63, 3.8) is 0 Å². The van der Waals surface area contributed by atoms with Crippen LogP contribution >= 0.6 is 11.3 Å². The van der Waals surface area contributed by atoms with E-state index in [9.17, 15) is 13.2 Å². The summed E-state index contributed by atoms with van der Waals surface area (Å²) in [6, 6.07) is 11.9. The fourth-order valence-corrected chi connectivity index (χ4v) is 4.63. The number of hydrogen-bond acceptors (Lipinski definition) is 6. The van der Waals surface area contributed by atoms with E-state index in [-0.39, 0.29) is 17.2 Å². The summed E-state index contributed by atoms with van der Waals surface area (Å²) >= 11 is 1.23. The smallest absolute Gasteiger partial charge is 0.252 e. The third kappa shape index (κ3) is 5.33. The third-order valence-corrected chi connectivity index (χ3v) is 6.26. The normalized spacial score (nSPS) is 12.4. The highest BCUT2D eigenvalue weighted by molar-refractivity contribution is 7.89. The second kappa shape index (κ2) is 9.52. The Hall–Kier alpha value is -2.53. The van der Waals surface area contributed by atoms with E-state index in [0.717, 1.165) is 16.8 Å². The number of hydrogen-bond donors (Lipinski definition) is 1. The molecule has 0 aliphatic heterocycles. The summed E-state index contributed by atoms with van der Waals surface area (Å²) in [6.45, 7) is 3.38. The number of ether oxygens (including phenoxy) is 2. The zero-order valence-electron chi connectivity index (χ0n) is 16.7. The molecule has 2 N–H and O–H groups in total. The molecule has 1 heterocycles. The Morgan fingerprint density at radius 3 is 2.57 bits per heavy atom. The maximum Gasteiger partial charge on any atom is 0.252 e. The Morgan fingerprint density at radius 1 is 1.20 bits per heavy atom. The molecule has 0 saturated heterocycles. The summed E-state index contributed by atoms with van der Waals surface area (Å²) < 4.78 is 36.4. The number of aromatic nitrogens is 1. The second-order valence-electron chi connectivity index (χ2n) is 6.46. The van der Waals surface area contributed by atoms with E-state index in [2.05, 4.69) is 4.99 Å². The minimum absolute atomic E-state index is 0.0161. The quantitative estimate of drug-likeness (QED) is 0.566. The Bertz CT molecular complexity index is 1210. The Balaban J connectivity index is 1.95. The molecule has 1 aromatic heterocycles. The molecular weight excluding hydrogens is 426 g/mol. The van der Waals surface area contributed by atoms with Crippen molar-refractivity contribution in [3.05, 3.63) is 52.8 Å². The zero-order chi connectivity index (χ0) is 21.7. The van der Waals surface area contributed by atoms with Gasteiger partial charge in [0.2, 0.25) is 10.0 Å². The van der Waals surface area contributed by atoms with Crippen molar-refractivity contribution >= 4 is 37.5 Å². The van der Waals surface area contributed by atoms with Gasteiger partial charge in [0.1, 0.15) is 5.75 Å². The van der Waals surface area contributed by atoms with Crippen molar-refractivity contribution in [2.75, 3.05) is 20.3 Å². The van der Waals surface area contributed by atoms with E-state index >= 15 is 0 Å². The number of sulfonamides is 1. The number of fused-ring (bicyclic) bond motifs is 1. The summed E-state index contributed by atoms with van der Waals surface area (Å²) in [7, 11) is -2.24. The topological polar surface area (TPSA) is 113 Å². The molecule has 2 aromatic carbocycles. The van der Waals surface area contributed by atoms with Crippen LogP contribution in [0.1, 0.15) is 12.5 Å². The van der Waals surface area contributed by atoms with Crippen LogP contribution in [0.4, 0.5) is 0 Å². The van der Waals surface area contributed by atoms with Gasteiger partial charge < -0.3 is 14.0 Å². The summed E-state index contributed by atoms with van der Waals surface area (Å²) in [5.74, 6) is 0.446. The molecular formula is C20H23N3O5S2. The van der Waals surface area contributed by atoms with Crippen LogP contribution < -0.4 is 14.7 Å². The second-order valence-corrected chi connectivity index (χ2v) is 9.03. The predicted molar refractivity (Wildman–Crippen MR) is 115 cm³/mol. The fraction of sp³-hybridized carbons (Fsp3) is 0.300. The number of rotatable bonds is 8. The largest absolute Gasteiger partial charge is 0.494 e. The molecule has 1 amide bonds. The molecule has 0 spiro atoms. The van der Waals surface area contributed by atoms with Crippen LogP contribution in [0.3, 0.4) is 0 Å². The number of methoxy groups -OCH3 is 1. The molecule has 0 atom stereocenters. The van der Waals surface area contributed by atoms with Gasteiger partial charge in [0.05, 0.1) is 34.7 Å². The lowest BCUT2D eigenvalue weighted by Crippen LogP contribution is -2.19. The number of thiazole rings is 1. The highest BCUT2D eigenvalue weighted by Gasteiger charge is 2.13. The Kier molecular flexibility index (Phi) is 7.03. The first-order valence-corrected chi connectivity index (χ1v) is 11.6. The number of primary sulfonamides is 1. The monoisotopic (exact) mass is 449 g/mol. The van der Waals surface area contributed by atoms with Gasteiger partial charge in [-0.15, -0.1) is 0 Å². The molecule has 0 aliphatic carbocycles. The lowest BCUT2D eigenvalue weighted by Gasteiger charge is -2.05. The number of amides is 1. The molecule has 0 fully saturated rings. The first kappa shape index (κ1) is 22.2. The van der Waals surface area contributed by atoms with Gasteiger partial charge in [-0.1, -0.05) is 23.5 Å². The van der Waals surface area contributed by atoms with Crippen LogP contribution in [0.25, 0.3) is 10.2 Å². The van der Waals surface area contributed by atoms with Gasteiger partial charge >= 0.3 is 0 Å². The molecule has 10 heteroatoms. The molecule has 0 aliphatic rings. The highest BCUT2D eigenvalue weighted by Crippen LogP contribution is 2.21. The lowest BCUT2D eigenvalue weighted by molar-refractivity contribution is -0.117. The van der Waals surface area contributed by atoms with Crippen LogP contribution in [0.15, 0.2) is 52.4 Å². The average molecular weight is 450 g/mol. The van der Waals surface area contributed by atoms with Gasteiger partial charge in [0, 0.05) is 13.7 Å². The lowest BCUT2D eigenvalue weighted by atomic mass is 10.1. The summed E-state index contributed by atoms with van der Waals surface area (Å²) in [5, 5.41) is 5.23. The van der Waals surface area contributed by atoms with Crippen LogP contribution in [-0.2, 0) is 32.5 Å². The van der Waals surface area contributed by atoms with Crippen molar-refractivity contribution in [3.8, 4) is 5.75 Å². The number of benzene rings is 2. The van der Waals surface area contributed by atoms with Crippen molar-refractivity contribution in [1.29, 1.82) is 0 Å². The minimum atomic E-state index is -3.82. The predicted octanol–water partition coefficient (Wildman–Crippen LogP) is 2.07. The SMILES string of the molecule is CCOc1ccc(CC(=O)N=c2sc3cc(S(N)(=O)=O)ccc3n2CCOC)cc1. The number of carbonyl (C=O) groups is 1. The van der Waals surface area contributed by atoms with E-state index in [1.807, 2.05) is 35.8 Å². The van der Waals surface area contributed by atoms with Crippen molar-refractivity contribution in [2.45, 2.75) is 24.8 Å². The number of nitrogens with two attached hydrogens (primary N) is 1. The van der Waals surface area contributed by atoms with Gasteiger partial charge in [-0.05, 0) is 42.8 Å². The van der Waals surface area contributed by atoms with Gasteiger partial charge in [0.25, 0.3) is 5.91 Å². The van der Waals surface area contributed by atoms with Crippen LogP contribution in [0.2, 0.25) is 0 Å². The molecule has 0 radical (unpaired) electrons. The van der Waals surface area contributed by atoms with Crippen LogP contribution in [-0.4, -0.2) is 39.2 Å². The number of nitrogens with zero attached hydrogens (tertiary/aromatic N) is 2. The third-order valence-electron chi connectivity index (χ3n) is 4.31. The molecule has 0 unspecified atom stereocenters. The zero-order valence-corrected chi connectivity index (χ0v) is 18.3. The van der Waals surface area contributed by atoms with Gasteiger partial charge in [-0.3, -0.25) is 4.79 Å². The van der Waals surface area contributed by atoms with E-state index < -0.39 is 10.0 Å². The summed E-state index contributed by atoms with van der Waals surface area (Å²) in [4.78, 5) is 17.3. The molecule has 3 rings (SSSR count). The summed E-state index contributed by atoms with van der Waals surface area (Å²) in [5.41, 5.74) is 1.59. The Morgan fingerprint density at radius 2 is 1.93 bits per heavy atom. The Labute approximate surface area is 178 Å². The van der Waals surface area contributed by atoms with E-state index in [4.69, 9.17) is 14.6 Å². The number of carbonyl (C=O) groups excluding carboxylic acids is 1. The van der Waals surface area contributed by atoms with Crippen LogP contribution in [0, 0.1) is 0 Å². The molecule has 8 nitrogen and oxygen atoms in total. The van der Waals surface area contributed by atoms with Crippen molar-refractivity contribution in [2.24, 2.45) is 10.1 Å². The van der Waals surface area contributed by atoms with Crippen molar-refractivity contribution in [1.82, 2.24) is 4.57 Å². The van der Waals surface area contributed by atoms with E-state index in [0.29, 0.717) is 29.3 Å². The summed E-state index contributed by atoms with van der Waals surface area (Å²) in [6.07, 6.45) is 0.146. The van der Waals surface area contributed by atoms with Gasteiger partial charge in [0.15, 0.2) is 4.80 Å². The maximum absolute atomic E-state index is 12.6. The molecule has 0 saturated carbocycles. The average Bonchev–Trinajstić information content (AvgIpc) is 3.03. The minimum Gasteiger partial charge on any atom is -0.494 e. The van der Waals surface area contributed by atoms with Crippen LogP contribution in [0.5, 0.6) is 5.75 Å². The molecule has 0 bridgehead atoms. The first-order valence-electron chi connectivity index (χ1n) is 9.26. The van der Waals surface area contributed by atoms with E-state index in [1.54, 1.807) is 13.2 Å². The molecule has 30 heavy (non-hydrogen) atoms. The molecule has 3 aromatic rings. The maximum atomic E-state index is 12.6. The standard InChI is InChI=1S/C20H23N3O5S2/c1-3-28-15-6-4-14(5-7-15)12-19(24)22-20-23(10-11-27-2)17-9-8-16(30(21,25)26)13-18(17)29-20/h4-9,13H,3,10-12H2,1-2H3,(H2,21,25,26). The van der Waals surface area contributed by atoms with E-state index in [1.165, 1.54) is 23.5 Å². The first-order chi connectivity index (χ1) is 14.3. The molecule has 160 valence electrons. The van der Waals surface area contributed by atoms with Gasteiger partial charge in [-0.25, -0.2) is 13.6 Å². The highest BCUT2D eigenvalue weighted by atomic mass is 32.2. The van der Waals surface area contributed by atoms with Gasteiger partial charge in [-0.2, -0.15) is 4.99 Å².